The molecule has 1 aliphatic heterocycles. The number of fused-ring (bicyclic) bond motifs is 3. The molecule has 2 atom stereocenters. The van der Waals surface area contributed by atoms with Crippen molar-refractivity contribution < 1.29 is 4.74 Å². The number of rotatable bonds is 5. The van der Waals surface area contributed by atoms with Crippen molar-refractivity contribution >= 4 is 33.3 Å². The fraction of sp³-hybridized carbons (Fsp3) is 0.700. The number of nitrogens with zero attached hydrogens (tertiary/aromatic N) is 2. The molecule has 2 aliphatic rings. The molecule has 0 spiro atoms. The van der Waals surface area contributed by atoms with Gasteiger partial charge in [0, 0.05) is 30.3 Å². The van der Waals surface area contributed by atoms with Crippen molar-refractivity contribution in [1.29, 1.82) is 0 Å². The molecule has 0 amide bonds. The van der Waals surface area contributed by atoms with Crippen molar-refractivity contribution in [2.24, 2.45) is 11.8 Å². The Morgan fingerprint density at radius 3 is 3.11 bits per heavy atom. The first kappa shape index (κ1) is 19.4. The molecule has 4 rings (SSSR count). The van der Waals surface area contributed by atoms with Crippen molar-refractivity contribution in [2.45, 2.75) is 51.3 Å². The average Bonchev–Trinajstić information content (AvgIpc) is 2.97. The quantitative estimate of drug-likeness (QED) is 0.607. The molecule has 1 aliphatic carbocycles. The molecule has 0 aromatic carbocycles. The van der Waals surface area contributed by atoms with Crippen LogP contribution < -0.4 is 5.56 Å². The SMILES string of the molecule is CC(C)CN1CCO[C@H](CSc2nc3sc4c(c3c(=O)[nH]2)CC[C@@H](C)C4)C1. The van der Waals surface area contributed by atoms with Crippen LogP contribution in [0.25, 0.3) is 10.2 Å². The van der Waals surface area contributed by atoms with E-state index >= 15 is 0 Å². The van der Waals surface area contributed by atoms with Crippen LogP contribution in [0, 0.1) is 11.8 Å². The molecule has 1 N–H and O–H groups in total. The molecular weight excluding hydrogens is 378 g/mol. The summed E-state index contributed by atoms with van der Waals surface area (Å²) in [6.45, 7) is 10.7. The van der Waals surface area contributed by atoms with E-state index in [0.717, 1.165) is 60.2 Å². The van der Waals surface area contributed by atoms with Gasteiger partial charge in [0.1, 0.15) is 4.83 Å². The number of hydrogen-bond acceptors (Lipinski definition) is 6. The van der Waals surface area contributed by atoms with Gasteiger partial charge in [0.05, 0.1) is 18.1 Å². The molecule has 0 unspecified atom stereocenters. The molecule has 5 nitrogen and oxygen atoms in total. The van der Waals surface area contributed by atoms with Crippen LogP contribution in [0.2, 0.25) is 0 Å². The molecule has 0 bridgehead atoms. The number of aromatic nitrogens is 2. The fourth-order valence-electron chi connectivity index (χ4n) is 4.13. The number of hydrogen-bond donors (Lipinski definition) is 1. The van der Waals surface area contributed by atoms with E-state index in [9.17, 15) is 4.79 Å². The van der Waals surface area contributed by atoms with Gasteiger partial charge in [-0.2, -0.15) is 0 Å². The Morgan fingerprint density at radius 1 is 1.44 bits per heavy atom. The highest BCUT2D eigenvalue weighted by atomic mass is 32.2. The summed E-state index contributed by atoms with van der Waals surface area (Å²) in [5.74, 6) is 2.20. The first-order valence-electron chi connectivity index (χ1n) is 10.0. The molecular formula is C20H29N3O2S2. The van der Waals surface area contributed by atoms with E-state index in [4.69, 9.17) is 9.72 Å². The van der Waals surface area contributed by atoms with Crippen LogP contribution in [-0.2, 0) is 17.6 Å². The van der Waals surface area contributed by atoms with Crippen LogP contribution in [0.4, 0.5) is 0 Å². The van der Waals surface area contributed by atoms with Gasteiger partial charge in [0.25, 0.3) is 5.56 Å². The minimum atomic E-state index is 0.0283. The number of ether oxygens (including phenoxy) is 1. The van der Waals surface area contributed by atoms with Gasteiger partial charge in [-0.1, -0.05) is 32.5 Å². The van der Waals surface area contributed by atoms with Gasteiger partial charge in [0.15, 0.2) is 5.16 Å². The number of H-pyrrole nitrogens is 1. The van der Waals surface area contributed by atoms with E-state index in [1.54, 1.807) is 23.1 Å². The largest absolute Gasteiger partial charge is 0.375 e. The van der Waals surface area contributed by atoms with Crippen molar-refractivity contribution in [2.75, 3.05) is 32.0 Å². The van der Waals surface area contributed by atoms with Crippen LogP contribution in [0.15, 0.2) is 9.95 Å². The van der Waals surface area contributed by atoms with Gasteiger partial charge < -0.3 is 9.72 Å². The summed E-state index contributed by atoms with van der Waals surface area (Å²) in [6.07, 6.45) is 3.46. The van der Waals surface area contributed by atoms with Crippen LogP contribution in [0.5, 0.6) is 0 Å². The maximum atomic E-state index is 12.7. The third-order valence-electron chi connectivity index (χ3n) is 5.40. The van der Waals surface area contributed by atoms with Gasteiger partial charge in [0.2, 0.25) is 0 Å². The minimum Gasteiger partial charge on any atom is -0.375 e. The van der Waals surface area contributed by atoms with E-state index in [0.29, 0.717) is 11.8 Å². The number of aryl methyl sites for hydroxylation is 1. The minimum absolute atomic E-state index is 0.0283. The Bertz CT molecular complexity index is 861. The Labute approximate surface area is 168 Å². The normalized spacial score (nSPS) is 23.9. The summed E-state index contributed by atoms with van der Waals surface area (Å²) in [7, 11) is 0. The second-order valence-corrected chi connectivity index (χ2v) is 10.5. The molecule has 0 saturated carbocycles. The summed E-state index contributed by atoms with van der Waals surface area (Å²) in [5, 5.41) is 1.56. The first-order valence-corrected chi connectivity index (χ1v) is 11.8. The van der Waals surface area contributed by atoms with Crippen LogP contribution in [0.1, 0.15) is 37.6 Å². The standard InChI is InChI=1S/C20H29N3O2S2/c1-12(2)9-23-6-7-25-14(10-23)11-26-20-21-18(24)17-15-5-4-13(3)8-16(15)27-19(17)22-20/h12-14H,4-11H2,1-3H3,(H,21,22,24)/t13-,14+/m1/s1. The van der Waals surface area contributed by atoms with Crippen molar-refractivity contribution in [1.82, 2.24) is 14.9 Å². The smallest absolute Gasteiger partial charge is 0.260 e. The molecule has 2 aromatic heterocycles. The first-order chi connectivity index (χ1) is 13.0. The number of morpholine rings is 1. The molecule has 0 radical (unpaired) electrons. The van der Waals surface area contributed by atoms with Gasteiger partial charge in [-0.05, 0) is 36.7 Å². The molecule has 148 valence electrons. The van der Waals surface area contributed by atoms with E-state index in [2.05, 4.69) is 30.7 Å². The van der Waals surface area contributed by atoms with Crippen LogP contribution >= 0.6 is 23.1 Å². The summed E-state index contributed by atoms with van der Waals surface area (Å²) in [6, 6.07) is 0. The average molecular weight is 408 g/mol. The predicted molar refractivity (Wildman–Crippen MR) is 113 cm³/mol. The van der Waals surface area contributed by atoms with Crippen molar-refractivity contribution in [3.05, 3.63) is 20.8 Å². The Morgan fingerprint density at radius 2 is 2.30 bits per heavy atom. The van der Waals surface area contributed by atoms with Gasteiger partial charge >= 0.3 is 0 Å². The van der Waals surface area contributed by atoms with E-state index in [1.807, 2.05) is 0 Å². The van der Waals surface area contributed by atoms with E-state index < -0.39 is 0 Å². The highest BCUT2D eigenvalue weighted by Crippen LogP contribution is 2.36. The molecule has 1 saturated heterocycles. The second-order valence-electron chi connectivity index (χ2n) is 8.36. The summed E-state index contributed by atoms with van der Waals surface area (Å²) in [5.41, 5.74) is 1.28. The zero-order valence-electron chi connectivity index (χ0n) is 16.4. The molecule has 3 heterocycles. The number of aromatic amines is 1. The topological polar surface area (TPSA) is 58.2 Å². The lowest BCUT2D eigenvalue weighted by Gasteiger charge is -2.33. The highest BCUT2D eigenvalue weighted by Gasteiger charge is 2.24. The zero-order chi connectivity index (χ0) is 19.0. The number of nitrogens with one attached hydrogen (secondary N) is 1. The summed E-state index contributed by atoms with van der Waals surface area (Å²) >= 11 is 3.33. The highest BCUT2D eigenvalue weighted by molar-refractivity contribution is 7.99. The third kappa shape index (κ3) is 4.42. The zero-order valence-corrected chi connectivity index (χ0v) is 18.0. The molecule has 27 heavy (non-hydrogen) atoms. The Kier molecular flexibility index (Phi) is 5.92. The maximum Gasteiger partial charge on any atom is 0.260 e. The molecule has 7 heteroatoms. The summed E-state index contributed by atoms with van der Waals surface area (Å²) < 4.78 is 5.93. The van der Waals surface area contributed by atoms with Crippen molar-refractivity contribution in [3.63, 3.8) is 0 Å². The second kappa shape index (κ2) is 8.23. The van der Waals surface area contributed by atoms with E-state index in [-0.39, 0.29) is 11.7 Å². The molecule has 1 fully saturated rings. The van der Waals surface area contributed by atoms with Crippen LogP contribution in [-0.4, -0.2) is 53.0 Å². The number of thioether (sulfide) groups is 1. The lowest BCUT2D eigenvalue weighted by molar-refractivity contribution is -0.0191. The number of thiophene rings is 1. The van der Waals surface area contributed by atoms with E-state index in [1.165, 1.54) is 16.9 Å². The third-order valence-corrected chi connectivity index (χ3v) is 7.55. The monoisotopic (exact) mass is 407 g/mol. The molecule has 2 aromatic rings. The maximum absolute atomic E-state index is 12.7. The van der Waals surface area contributed by atoms with Gasteiger partial charge in [-0.15, -0.1) is 11.3 Å². The Balaban J connectivity index is 1.46. The van der Waals surface area contributed by atoms with Crippen molar-refractivity contribution in [3.8, 4) is 0 Å². The summed E-state index contributed by atoms with van der Waals surface area (Å²) in [4.78, 5) is 25.2. The van der Waals surface area contributed by atoms with Gasteiger partial charge in [-0.25, -0.2) is 4.98 Å². The van der Waals surface area contributed by atoms with Crippen LogP contribution in [0.3, 0.4) is 0 Å². The lowest BCUT2D eigenvalue weighted by atomic mass is 9.89. The Hall–Kier alpha value is -0.890. The fourth-order valence-corrected chi connectivity index (χ4v) is 6.44. The predicted octanol–water partition coefficient (Wildman–Crippen LogP) is 3.56. The van der Waals surface area contributed by atoms with Gasteiger partial charge in [-0.3, -0.25) is 9.69 Å². The lowest BCUT2D eigenvalue weighted by Crippen LogP contribution is -2.44.